The van der Waals surface area contributed by atoms with E-state index in [0.29, 0.717) is 17.0 Å². The van der Waals surface area contributed by atoms with Crippen molar-refractivity contribution in [3.05, 3.63) is 64.8 Å². The van der Waals surface area contributed by atoms with Crippen LogP contribution in [0.15, 0.2) is 48.7 Å². The molecule has 7 heteroatoms. The normalized spacial score (nSPS) is 15.7. The number of carbonyl (C=O) groups excluding carboxylic acids is 2. The zero-order valence-corrected chi connectivity index (χ0v) is 15.4. The van der Waals surface area contributed by atoms with Crippen LogP contribution in [0.3, 0.4) is 0 Å². The van der Waals surface area contributed by atoms with Crippen LogP contribution >= 0.6 is 11.6 Å². The first-order valence-electron chi connectivity index (χ1n) is 8.58. The molecule has 1 aromatic heterocycles. The number of fused-ring (bicyclic) bond motifs is 2. The lowest BCUT2D eigenvalue weighted by Crippen LogP contribution is -2.47. The number of hydrogen-bond donors (Lipinski definition) is 2. The van der Waals surface area contributed by atoms with Crippen LogP contribution in [0.5, 0.6) is 5.75 Å². The predicted molar refractivity (Wildman–Crippen MR) is 103 cm³/mol. The van der Waals surface area contributed by atoms with E-state index in [9.17, 15) is 9.59 Å². The van der Waals surface area contributed by atoms with Crippen molar-refractivity contribution in [1.29, 1.82) is 0 Å². The van der Waals surface area contributed by atoms with Crippen molar-refractivity contribution in [2.24, 2.45) is 13.0 Å². The van der Waals surface area contributed by atoms with E-state index in [1.165, 1.54) is 0 Å². The molecule has 3 aromatic rings. The Morgan fingerprint density at radius 1 is 1.19 bits per heavy atom. The molecule has 0 saturated carbocycles. The van der Waals surface area contributed by atoms with E-state index < -0.39 is 5.92 Å². The summed E-state index contributed by atoms with van der Waals surface area (Å²) in [5.74, 6) is -0.318. The average Bonchev–Trinajstić information content (AvgIpc) is 3.02. The summed E-state index contributed by atoms with van der Waals surface area (Å²) in [5, 5.41) is 1.43. The first-order chi connectivity index (χ1) is 13.0. The lowest BCUT2D eigenvalue weighted by Gasteiger charge is -2.24. The van der Waals surface area contributed by atoms with Gasteiger partial charge in [-0.2, -0.15) is 0 Å². The highest BCUT2D eigenvalue weighted by Gasteiger charge is 2.26. The lowest BCUT2D eigenvalue weighted by atomic mass is 9.96. The fourth-order valence-corrected chi connectivity index (χ4v) is 3.54. The van der Waals surface area contributed by atoms with E-state index in [2.05, 4.69) is 10.9 Å². The number of hydrazine groups is 1. The van der Waals surface area contributed by atoms with E-state index in [4.69, 9.17) is 16.3 Å². The average molecular weight is 384 g/mol. The van der Waals surface area contributed by atoms with Crippen molar-refractivity contribution in [3.63, 3.8) is 0 Å². The standard InChI is InChI=1S/C20H18ClN3O3/c1-24-10-16(15-4-2-3-5-17(15)24)20(26)23-22-19(25)13-8-12-9-14(21)6-7-18(12)27-11-13/h2-7,9-10,13H,8,11H2,1H3,(H,22,25)(H,23,26). The van der Waals surface area contributed by atoms with E-state index in [1.54, 1.807) is 24.4 Å². The molecule has 0 fully saturated rings. The SMILES string of the molecule is Cn1cc(C(=O)NNC(=O)C2COc3ccc(Cl)cc3C2)c2ccccc21. The predicted octanol–water partition coefficient (Wildman–Crippen LogP) is 2.84. The number of benzene rings is 2. The number of rotatable bonds is 2. The van der Waals surface area contributed by atoms with E-state index >= 15 is 0 Å². The van der Waals surface area contributed by atoms with Gasteiger partial charge in [-0.15, -0.1) is 0 Å². The Hall–Kier alpha value is -2.99. The van der Waals surface area contributed by atoms with Crippen LogP contribution in [0.25, 0.3) is 10.9 Å². The van der Waals surface area contributed by atoms with Crippen LogP contribution in [-0.2, 0) is 18.3 Å². The molecule has 2 aromatic carbocycles. The highest BCUT2D eigenvalue weighted by atomic mass is 35.5. The van der Waals surface area contributed by atoms with Crippen LogP contribution in [-0.4, -0.2) is 23.0 Å². The maximum atomic E-state index is 12.5. The van der Waals surface area contributed by atoms with Crippen LogP contribution in [0.4, 0.5) is 0 Å². The Morgan fingerprint density at radius 3 is 2.85 bits per heavy atom. The zero-order valence-electron chi connectivity index (χ0n) is 14.7. The molecule has 0 spiro atoms. The molecule has 2 heterocycles. The molecule has 0 bridgehead atoms. The molecule has 0 saturated heterocycles. The molecule has 6 nitrogen and oxygen atoms in total. The van der Waals surface area contributed by atoms with Gasteiger partial charge in [-0.3, -0.25) is 20.4 Å². The molecule has 0 aliphatic carbocycles. The quantitative estimate of drug-likeness (QED) is 0.668. The minimum Gasteiger partial charge on any atom is -0.492 e. The van der Waals surface area contributed by atoms with Crippen molar-refractivity contribution < 1.29 is 14.3 Å². The minimum atomic E-state index is -0.399. The number of nitrogens with one attached hydrogen (secondary N) is 2. The van der Waals surface area contributed by atoms with E-state index in [-0.39, 0.29) is 18.4 Å². The van der Waals surface area contributed by atoms with Gasteiger partial charge in [0.1, 0.15) is 12.4 Å². The van der Waals surface area contributed by atoms with Gasteiger partial charge in [-0.1, -0.05) is 29.8 Å². The van der Waals surface area contributed by atoms with Gasteiger partial charge in [-0.05, 0) is 36.2 Å². The first-order valence-corrected chi connectivity index (χ1v) is 8.96. The Kier molecular flexibility index (Phi) is 4.49. The second-order valence-electron chi connectivity index (χ2n) is 6.58. The van der Waals surface area contributed by atoms with Crippen molar-refractivity contribution in [3.8, 4) is 5.75 Å². The largest absolute Gasteiger partial charge is 0.492 e. The molecular weight excluding hydrogens is 366 g/mol. The van der Waals surface area contributed by atoms with E-state index in [0.717, 1.165) is 22.2 Å². The Morgan fingerprint density at radius 2 is 2.00 bits per heavy atom. The number of halogens is 1. The van der Waals surface area contributed by atoms with Crippen LogP contribution in [0, 0.1) is 5.92 Å². The van der Waals surface area contributed by atoms with Crippen LogP contribution in [0.2, 0.25) is 5.02 Å². The Balaban J connectivity index is 1.43. The summed E-state index contributed by atoms with van der Waals surface area (Å²) >= 11 is 6.01. The van der Waals surface area contributed by atoms with Crippen molar-refractivity contribution in [2.45, 2.75) is 6.42 Å². The number of nitrogens with zero attached hydrogens (tertiary/aromatic N) is 1. The molecule has 138 valence electrons. The van der Waals surface area contributed by atoms with Crippen LogP contribution < -0.4 is 15.6 Å². The number of para-hydroxylation sites is 1. The van der Waals surface area contributed by atoms with Gasteiger partial charge in [0.2, 0.25) is 5.91 Å². The topological polar surface area (TPSA) is 72.4 Å². The highest BCUT2D eigenvalue weighted by molar-refractivity contribution is 6.30. The highest BCUT2D eigenvalue weighted by Crippen LogP contribution is 2.29. The van der Waals surface area contributed by atoms with Crippen molar-refractivity contribution in [1.82, 2.24) is 15.4 Å². The summed E-state index contributed by atoms with van der Waals surface area (Å²) in [6.07, 6.45) is 2.25. The molecule has 1 unspecified atom stereocenters. The fourth-order valence-electron chi connectivity index (χ4n) is 3.34. The van der Waals surface area contributed by atoms with Crippen molar-refractivity contribution >= 4 is 34.3 Å². The summed E-state index contributed by atoms with van der Waals surface area (Å²) in [7, 11) is 1.87. The summed E-state index contributed by atoms with van der Waals surface area (Å²) in [6.45, 7) is 0.255. The van der Waals surface area contributed by atoms with Crippen molar-refractivity contribution in [2.75, 3.05) is 6.61 Å². The molecule has 1 aliphatic heterocycles. The van der Waals surface area contributed by atoms with E-state index in [1.807, 2.05) is 35.9 Å². The minimum absolute atomic E-state index is 0.255. The third-order valence-electron chi connectivity index (χ3n) is 4.74. The van der Waals surface area contributed by atoms with Gasteiger partial charge < -0.3 is 9.30 Å². The molecule has 2 N–H and O–H groups in total. The number of amides is 2. The zero-order chi connectivity index (χ0) is 19.0. The maximum Gasteiger partial charge on any atom is 0.271 e. The van der Waals surface area contributed by atoms with Gasteiger partial charge in [0.25, 0.3) is 5.91 Å². The number of aryl methyl sites for hydroxylation is 1. The summed E-state index contributed by atoms with van der Waals surface area (Å²) in [4.78, 5) is 25.0. The van der Waals surface area contributed by atoms with Gasteiger partial charge >= 0.3 is 0 Å². The molecular formula is C20H18ClN3O3. The first kappa shape index (κ1) is 17.4. The second kappa shape index (κ2) is 6.96. The molecule has 2 amide bonds. The number of hydrogen-bond acceptors (Lipinski definition) is 3. The molecule has 1 aliphatic rings. The number of carbonyl (C=O) groups is 2. The molecule has 4 rings (SSSR count). The van der Waals surface area contributed by atoms with Gasteiger partial charge in [0, 0.05) is 29.2 Å². The van der Waals surface area contributed by atoms with Gasteiger partial charge in [0.05, 0.1) is 11.5 Å². The van der Waals surface area contributed by atoms with Gasteiger partial charge in [0.15, 0.2) is 0 Å². The molecule has 27 heavy (non-hydrogen) atoms. The molecule has 0 radical (unpaired) electrons. The van der Waals surface area contributed by atoms with Crippen LogP contribution in [0.1, 0.15) is 15.9 Å². The summed E-state index contributed by atoms with van der Waals surface area (Å²) in [6, 6.07) is 13.0. The number of ether oxygens (including phenoxy) is 1. The van der Waals surface area contributed by atoms with Gasteiger partial charge in [-0.25, -0.2) is 0 Å². The monoisotopic (exact) mass is 383 g/mol. The summed E-state index contributed by atoms with van der Waals surface area (Å²) in [5.41, 5.74) is 7.35. The third-order valence-corrected chi connectivity index (χ3v) is 4.98. The smallest absolute Gasteiger partial charge is 0.271 e. The number of aromatic nitrogens is 1. The second-order valence-corrected chi connectivity index (χ2v) is 7.01. The fraction of sp³-hybridized carbons (Fsp3) is 0.200. The Labute approximate surface area is 161 Å². The Bertz CT molecular complexity index is 1040. The molecule has 1 atom stereocenters. The summed E-state index contributed by atoms with van der Waals surface area (Å²) < 4.78 is 7.51. The third kappa shape index (κ3) is 3.36. The lowest BCUT2D eigenvalue weighted by molar-refractivity contribution is -0.127. The maximum absolute atomic E-state index is 12.5.